The molecule has 2 heterocycles. The number of fused-ring (bicyclic) bond motifs is 3. The molecule has 0 saturated carbocycles. The van der Waals surface area contributed by atoms with Gasteiger partial charge in [0.1, 0.15) is 11.9 Å². The van der Waals surface area contributed by atoms with E-state index in [2.05, 4.69) is 4.99 Å². The predicted octanol–water partition coefficient (Wildman–Crippen LogP) is 3.18. The number of ether oxygens (including phenoxy) is 1. The Morgan fingerprint density at radius 3 is 2.68 bits per heavy atom. The van der Waals surface area contributed by atoms with Crippen molar-refractivity contribution in [3.63, 3.8) is 0 Å². The minimum atomic E-state index is -0.503. The fourth-order valence-corrected chi connectivity index (χ4v) is 3.99. The van der Waals surface area contributed by atoms with Gasteiger partial charge in [-0.15, -0.1) is 0 Å². The number of rotatable bonds is 5. The van der Waals surface area contributed by atoms with Crippen molar-refractivity contribution in [2.24, 2.45) is 9.98 Å². The largest absolute Gasteiger partial charge is 0.465 e. The number of aliphatic imine (C=N–C) groups is 2. The molecule has 2 aromatic carbocycles. The van der Waals surface area contributed by atoms with Gasteiger partial charge in [0.05, 0.1) is 18.0 Å². The standard InChI is InChI=1S/C21H19N3O3S/c1-2-27-18(25)13-28-21-23-16-11-7-6-10-15(16)19-22-17(20(26)24(19)21)12-14-8-4-3-5-9-14/h3-11,17H,2,12-13H2,1H3/t17-/m0/s1. The molecule has 2 aliphatic heterocycles. The molecule has 142 valence electrons. The first-order chi connectivity index (χ1) is 13.7. The Hall–Kier alpha value is -2.93. The number of benzene rings is 2. The highest BCUT2D eigenvalue weighted by molar-refractivity contribution is 8.14. The van der Waals surface area contributed by atoms with E-state index in [1.165, 1.54) is 11.8 Å². The number of carbonyl (C=O) groups excluding carboxylic acids is 2. The first-order valence-corrected chi connectivity index (χ1v) is 10.1. The Morgan fingerprint density at radius 2 is 1.89 bits per heavy atom. The van der Waals surface area contributed by atoms with E-state index < -0.39 is 6.04 Å². The predicted molar refractivity (Wildman–Crippen MR) is 110 cm³/mol. The van der Waals surface area contributed by atoms with Crippen molar-refractivity contribution in [1.82, 2.24) is 4.90 Å². The van der Waals surface area contributed by atoms with E-state index >= 15 is 0 Å². The maximum Gasteiger partial charge on any atom is 0.316 e. The molecule has 0 radical (unpaired) electrons. The number of hydrogen-bond donors (Lipinski definition) is 0. The van der Waals surface area contributed by atoms with Crippen molar-refractivity contribution in [2.45, 2.75) is 19.4 Å². The monoisotopic (exact) mass is 393 g/mol. The van der Waals surface area contributed by atoms with E-state index in [0.717, 1.165) is 16.8 Å². The van der Waals surface area contributed by atoms with Gasteiger partial charge in [-0.25, -0.2) is 9.89 Å². The average Bonchev–Trinajstić information content (AvgIpc) is 3.04. The van der Waals surface area contributed by atoms with Crippen molar-refractivity contribution in [3.8, 4) is 0 Å². The molecule has 0 aliphatic carbocycles. The number of thioether (sulfide) groups is 1. The van der Waals surface area contributed by atoms with Crippen LogP contribution in [0.3, 0.4) is 0 Å². The third-order valence-corrected chi connectivity index (χ3v) is 5.36. The van der Waals surface area contributed by atoms with Crippen LogP contribution >= 0.6 is 11.8 Å². The van der Waals surface area contributed by atoms with Crippen LogP contribution in [-0.2, 0) is 20.7 Å². The highest BCUT2D eigenvalue weighted by Gasteiger charge is 2.41. The number of para-hydroxylation sites is 1. The molecular weight excluding hydrogens is 374 g/mol. The maximum absolute atomic E-state index is 13.1. The number of amides is 1. The molecule has 0 saturated heterocycles. The Kier molecular flexibility index (Phi) is 5.25. The van der Waals surface area contributed by atoms with Crippen LogP contribution in [0.25, 0.3) is 0 Å². The van der Waals surface area contributed by atoms with E-state index in [-0.39, 0.29) is 17.6 Å². The minimum absolute atomic E-state index is 0.0925. The van der Waals surface area contributed by atoms with E-state index in [0.29, 0.717) is 24.0 Å². The van der Waals surface area contributed by atoms with Crippen molar-refractivity contribution in [2.75, 3.05) is 12.4 Å². The lowest BCUT2D eigenvalue weighted by atomic mass is 10.1. The zero-order valence-electron chi connectivity index (χ0n) is 15.4. The first-order valence-electron chi connectivity index (χ1n) is 9.09. The van der Waals surface area contributed by atoms with Gasteiger partial charge < -0.3 is 4.74 Å². The van der Waals surface area contributed by atoms with E-state index in [1.54, 1.807) is 11.8 Å². The topological polar surface area (TPSA) is 71.3 Å². The van der Waals surface area contributed by atoms with Crippen LogP contribution in [0.5, 0.6) is 0 Å². The summed E-state index contributed by atoms with van der Waals surface area (Å²) < 4.78 is 4.99. The van der Waals surface area contributed by atoms with Crippen LogP contribution in [0.15, 0.2) is 64.6 Å². The summed E-state index contributed by atoms with van der Waals surface area (Å²) in [5.74, 6) is 0.237. The fourth-order valence-electron chi connectivity index (χ4n) is 3.20. The molecule has 0 unspecified atom stereocenters. The lowest BCUT2D eigenvalue weighted by Gasteiger charge is -2.25. The number of nitrogens with zero attached hydrogens (tertiary/aromatic N) is 3. The summed E-state index contributed by atoms with van der Waals surface area (Å²) in [6.45, 7) is 2.09. The van der Waals surface area contributed by atoms with Crippen LogP contribution < -0.4 is 0 Å². The number of amidine groups is 2. The van der Waals surface area contributed by atoms with Gasteiger partial charge >= 0.3 is 5.97 Å². The first kappa shape index (κ1) is 18.4. The lowest BCUT2D eigenvalue weighted by molar-refractivity contribution is -0.139. The molecule has 1 amide bonds. The third kappa shape index (κ3) is 3.57. The van der Waals surface area contributed by atoms with E-state index in [1.807, 2.05) is 54.6 Å². The molecule has 4 rings (SSSR count). The maximum atomic E-state index is 13.1. The van der Waals surface area contributed by atoms with Gasteiger partial charge in [0.2, 0.25) is 0 Å². The Labute approximate surface area is 167 Å². The van der Waals surface area contributed by atoms with Crippen LogP contribution in [0.2, 0.25) is 0 Å². The molecular formula is C21H19N3O3S. The number of esters is 1. The number of carbonyl (C=O) groups is 2. The summed E-state index contributed by atoms with van der Waals surface area (Å²) in [5.41, 5.74) is 2.62. The zero-order valence-corrected chi connectivity index (χ0v) is 16.2. The SMILES string of the molecule is CCOC(=O)CSC1=Nc2ccccc2C2=N[C@@H](Cc3ccccc3)C(=O)N12. The minimum Gasteiger partial charge on any atom is -0.465 e. The van der Waals surface area contributed by atoms with Gasteiger partial charge in [0.15, 0.2) is 5.17 Å². The summed E-state index contributed by atoms with van der Waals surface area (Å²) >= 11 is 1.20. The van der Waals surface area contributed by atoms with E-state index in [9.17, 15) is 9.59 Å². The molecule has 2 aromatic rings. The Balaban J connectivity index is 1.64. The summed E-state index contributed by atoms with van der Waals surface area (Å²) in [7, 11) is 0. The molecule has 0 N–H and O–H groups in total. The van der Waals surface area contributed by atoms with Crippen LogP contribution in [0, 0.1) is 0 Å². The fraction of sp³-hybridized carbons (Fsp3) is 0.238. The second kappa shape index (κ2) is 7.98. The third-order valence-electron chi connectivity index (χ3n) is 4.44. The van der Waals surface area contributed by atoms with Gasteiger partial charge in [-0.2, -0.15) is 0 Å². The van der Waals surface area contributed by atoms with Crippen molar-refractivity contribution >= 4 is 40.3 Å². The van der Waals surface area contributed by atoms with Crippen LogP contribution in [0.4, 0.5) is 5.69 Å². The quantitative estimate of drug-likeness (QED) is 0.732. The second-order valence-corrected chi connectivity index (χ2v) is 7.28. The van der Waals surface area contributed by atoms with Gasteiger partial charge in [0.25, 0.3) is 5.91 Å². The molecule has 0 aromatic heterocycles. The molecule has 2 aliphatic rings. The van der Waals surface area contributed by atoms with Gasteiger partial charge in [-0.05, 0) is 24.6 Å². The Bertz CT molecular complexity index is 972. The molecule has 0 fully saturated rings. The normalized spacial score (nSPS) is 17.5. The summed E-state index contributed by atoms with van der Waals surface area (Å²) in [6.07, 6.45) is 0.525. The zero-order chi connectivity index (χ0) is 19.5. The molecule has 28 heavy (non-hydrogen) atoms. The molecule has 0 bridgehead atoms. The van der Waals surface area contributed by atoms with Crippen molar-refractivity contribution in [3.05, 3.63) is 65.7 Å². The van der Waals surface area contributed by atoms with Crippen molar-refractivity contribution < 1.29 is 14.3 Å². The lowest BCUT2D eigenvalue weighted by Crippen LogP contribution is -2.41. The average molecular weight is 393 g/mol. The summed E-state index contributed by atoms with van der Waals surface area (Å²) in [4.78, 5) is 35.8. The van der Waals surface area contributed by atoms with Gasteiger partial charge in [0, 0.05) is 12.0 Å². The molecule has 0 spiro atoms. The summed E-state index contributed by atoms with van der Waals surface area (Å²) in [6, 6.07) is 16.9. The Morgan fingerprint density at radius 1 is 1.14 bits per heavy atom. The highest BCUT2D eigenvalue weighted by Crippen LogP contribution is 2.34. The smallest absolute Gasteiger partial charge is 0.316 e. The molecule has 1 atom stereocenters. The summed E-state index contributed by atoms with van der Waals surface area (Å²) in [5, 5.41) is 0.464. The van der Waals surface area contributed by atoms with E-state index in [4.69, 9.17) is 9.73 Å². The van der Waals surface area contributed by atoms with Gasteiger partial charge in [-0.3, -0.25) is 14.6 Å². The highest BCUT2D eigenvalue weighted by atomic mass is 32.2. The molecule has 6 nitrogen and oxygen atoms in total. The second-order valence-electron chi connectivity index (χ2n) is 6.34. The van der Waals surface area contributed by atoms with Gasteiger partial charge in [-0.1, -0.05) is 54.2 Å². The van der Waals surface area contributed by atoms with Crippen LogP contribution in [0.1, 0.15) is 18.1 Å². The number of hydrogen-bond acceptors (Lipinski definition) is 6. The van der Waals surface area contributed by atoms with Crippen LogP contribution in [-0.4, -0.2) is 46.2 Å². The molecule has 7 heteroatoms. The van der Waals surface area contributed by atoms with Crippen molar-refractivity contribution in [1.29, 1.82) is 0 Å².